The van der Waals surface area contributed by atoms with Gasteiger partial charge in [0, 0.05) is 5.41 Å². The van der Waals surface area contributed by atoms with Crippen LogP contribution in [0.4, 0.5) is 0 Å². The molecule has 0 radical (unpaired) electrons. The largest absolute Gasteiger partial charge is 0.443 e. The zero-order chi connectivity index (χ0) is 11.0. The second kappa shape index (κ2) is 3.39. The van der Waals surface area contributed by atoms with Gasteiger partial charge in [-0.1, -0.05) is 27.7 Å². The van der Waals surface area contributed by atoms with Crippen LogP contribution < -0.4 is 5.73 Å². The van der Waals surface area contributed by atoms with Crippen LogP contribution in [0.5, 0.6) is 0 Å². The zero-order valence-electron chi connectivity index (χ0n) is 9.72. The van der Waals surface area contributed by atoms with Crippen LogP contribution in [-0.2, 0) is 11.0 Å². The lowest BCUT2D eigenvalue weighted by molar-refractivity contribution is 0.307. The molecule has 0 aliphatic heterocycles. The molecule has 1 unspecified atom stereocenters. The third kappa shape index (κ3) is 2.15. The van der Waals surface area contributed by atoms with Gasteiger partial charge in [-0.2, -0.15) is 0 Å². The molecule has 0 aromatic carbocycles. The Balaban J connectivity index is 3.00. The van der Waals surface area contributed by atoms with E-state index in [-0.39, 0.29) is 5.41 Å². The standard InChI is InChI=1S/C11H20N2O/c1-6-11(5,12)9-13-7-8(14-9)10(2,3)4/h7H,6,12H2,1-5H3. The molecule has 0 bridgehead atoms. The van der Waals surface area contributed by atoms with Gasteiger partial charge in [0.25, 0.3) is 0 Å². The fourth-order valence-electron chi connectivity index (χ4n) is 1.04. The van der Waals surface area contributed by atoms with Gasteiger partial charge in [0.15, 0.2) is 0 Å². The maximum atomic E-state index is 6.04. The molecule has 0 saturated carbocycles. The van der Waals surface area contributed by atoms with Gasteiger partial charge < -0.3 is 10.2 Å². The molecule has 2 N–H and O–H groups in total. The van der Waals surface area contributed by atoms with Crippen molar-refractivity contribution in [2.45, 2.75) is 52.0 Å². The first-order valence-electron chi connectivity index (χ1n) is 5.03. The molecule has 0 spiro atoms. The van der Waals surface area contributed by atoms with E-state index in [0.717, 1.165) is 12.2 Å². The smallest absolute Gasteiger partial charge is 0.214 e. The molecule has 3 heteroatoms. The lowest BCUT2D eigenvalue weighted by atomic mass is 9.94. The van der Waals surface area contributed by atoms with E-state index in [1.165, 1.54) is 0 Å². The van der Waals surface area contributed by atoms with Gasteiger partial charge >= 0.3 is 0 Å². The number of hydrogen-bond donors (Lipinski definition) is 1. The lowest BCUT2D eigenvalue weighted by Crippen LogP contribution is -2.32. The van der Waals surface area contributed by atoms with Crippen molar-refractivity contribution in [2.75, 3.05) is 0 Å². The van der Waals surface area contributed by atoms with Gasteiger partial charge in [-0.3, -0.25) is 0 Å². The Morgan fingerprint density at radius 1 is 1.36 bits per heavy atom. The first-order chi connectivity index (χ1) is 6.27. The van der Waals surface area contributed by atoms with E-state index < -0.39 is 5.54 Å². The quantitative estimate of drug-likeness (QED) is 0.790. The molecule has 0 fully saturated rings. The summed E-state index contributed by atoms with van der Waals surface area (Å²) in [6.07, 6.45) is 2.59. The summed E-state index contributed by atoms with van der Waals surface area (Å²) >= 11 is 0. The van der Waals surface area contributed by atoms with Crippen molar-refractivity contribution >= 4 is 0 Å². The van der Waals surface area contributed by atoms with Crippen LogP contribution in [0.3, 0.4) is 0 Å². The normalized spacial score (nSPS) is 16.7. The zero-order valence-corrected chi connectivity index (χ0v) is 9.72. The van der Waals surface area contributed by atoms with E-state index >= 15 is 0 Å². The van der Waals surface area contributed by atoms with Crippen molar-refractivity contribution in [1.29, 1.82) is 0 Å². The SMILES string of the molecule is CCC(C)(N)c1ncc(C(C)(C)C)o1. The number of hydrogen-bond acceptors (Lipinski definition) is 3. The second-order valence-corrected chi connectivity index (χ2v) is 5.05. The first-order valence-corrected chi connectivity index (χ1v) is 5.03. The molecule has 80 valence electrons. The molecular weight excluding hydrogens is 176 g/mol. The number of oxazole rings is 1. The average Bonchev–Trinajstić information content (AvgIpc) is 2.51. The minimum Gasteiger partial charge on any atom is -0.443 e. The summed E-state index contributed by atoms with van der Waals surface area (Å²) in [7, 11) is 0. The van der Waals surface area contributed by atoms with E-state index in [0.29, 0.717) is 5.89 Å². The van der Waals surface area contributed by atoms with Crippen LogP contribution in [0.25, 0.3) is 0 Å². The Morgan fingerprint density at radius 2 is 1.93 bits per heavy atom. The average molecular weight is 196 g/mol. The number of rotatable bonds is 2. The predicted molar refractivity (Wildman–Crippen MR) is 57.0 cm³/mol. The van der Waals surface area contributed by atoms with Crippen molar-refractivity contribution < 1.29 is 4.42 Å². The first kappa shape index (κ1) is 11.2. The summed E-state index contributed by atoms with van der Waals surface area (Å²) in [6, 6.07) is 0. The second-order valence-electron chi connectivity index (χ2n) is 5.05. The third-order valence-corrected chi connectivity index (χ3v) is 2.47. The molecule has 0 aliphatic rings. The van der Waals surface area contributed by atoms with Gasteiger partial charge in [0.1, 0.15) is 5.76 Å². The van der Waals surface area contributed by atoms with Crippen LogP contribution in [0.15, 0.2) is 10.6 Å². The Morgan fingerprint density at radius 3 is 2.29 bits per heavy atom. The highest BCUT2D eigenvalue weighted by atomic mass is 16.4. The van der Waals surface area contributed by atoms with E-state index in [4.69, 9.17) is 10.2 Å². The molecule has 1 aromatic heterocycles. The van der Waals surface area contributed by atoms with Gasteiger partial charge in [0.05, 0.1) is 11.7 Å². The highest BCUT2D eigenvalue weighted by Gasteiger charge is 2.27. The molecule has 0 saturated heterocycles. The van der Waals surface area contributed by atoms with Crippen molar-refractivity contribution in [3.8, 4) is 0 Å². The molecular formula is C11H20N2O. The van der Waals surface area contributed by atoms with E-state index in [2.05, 4.69) is 25.8 Å². The fraction of sp³-hybridized carbons (Fsp3) is 0.727. The summed E-state index contributed by atoms with van der Waals surface area (Å²) in [6.45, 7) is 10.2. The van der Waals surface area contributed by atoms with Gasteiger partial charge in [0.2, 0.25) is 5.89 Å². The van der Waals surface area contributed by atoms with Crippen molar-refractivity contribution in [3.63, 3.8) is 0 Å². The minimum absolute atomic E-state index is 0.00489. The van der Waals surface area contributed by atoms with Crippen molar-refractivity contribution in [3.05, 3.63) is 17.8 Å². The molecule has 3 nitrogen and oxygen atoms in total. The minimum atomic E-state index is -0.455. The highest BCUT2D eigenvalue weighted by Crippen LogP contribution is 2.27. The van der Waals surface area contributed by atoms with Gasteiger partial charge in [-0.15, -0.1) is 0 Å². The van der Waals surface area contributed by atoms with Crippen LogP contribution in [0.1, 0.15) is 52.7 Å². The number of nitrogens with two attached hydrogens (primary N) is 1. The lowest BCUT2D eigenvalue weighted by Gasteiger charge is -2.19. The summed E-state index contributed by atoms with van der Waals surface area (Å²) in [5.74, 6) is 1.52. The predicted octanol–water partition coefficient (Wildman–Crippen LogP) is 2.56. The Kier molecular flexibility index (Phi) is 2.72. The number of nitrogens with zero attached hydrogens (tertiary/aromatic N) is 1. The van der Waals surface area contributed by atoms with Gasteiger partial charge in [-0.25, -0.2) is 4.98 Å². The molecule has 1 aromatic rings. The monoisotopic (exact) mass is 196 g/mol. The maximum Gasteiger partial charge on any atom is 0.214 e. The van der Waals surface area contributed by atoms with E-state index in [9.17, 15) is 0 Å². The topological polar surface area (TPSA) is 52.0 Å². The van der Waals surface area contributed by atoms with Crippen LogP contribution >= 0.6 is 0 Å². The Labute approximate surface area is 85.7 Å². The molecule has 0 aliphatic carbocycles. The van der Waals surface area contributed by atoms with Crippen LogP contribution in [0.2, 0.25) is 0 Å². The molecule has 1 atom stereocenters. The summed E-state index contributed by atoms with van der Waals surface area (Å²) in [5, 5.41) is 0. The summed E-state index contributed by atoms with van der Waals surface area (Å²) < 4.78 is 5.67. The Hall–Kier alpha value is -0.830. The van der Waals surface area contributed by atoms with Gasteiger partial charge in [-0.05, 0) is 13.3 Å². The van der Waals surface area contributed by atoms with E-state index in [1.807, 2.05) is 13.8 Å². The molecule has 1 rings (SSSR count). The number of aromatic nitrogens is 1. The maximum absolute atomic E-state index is 6.04. The molecule has 0 amide bonds. The molecule has 1 heterocycles. The summed E-state index contributed by atoms with van der Waals surface area (Å²) in [5.41, 5.74) is 5.58. The third-order valence-electron chi connectivity index (χ3n) is 2.47. The fourth-order valence-corrected chi connectivity index (χ4v) is 1.04. The summed E-state index contributed by atoms with van der Waals surface area (Å²) in [4.78, 5) is 4.23. The van der Waals surface area contributed by atoms with Crippen molar-refractivity contribution in [1.82, 2.24) is 4.98 Å². The van der Waals surface area contributed by atoms with E-state index in [1.54, 1.807) is 6.20 Å². The molecule has 14 heavy (non-hydrogen) atoms. The highest BCUT2D eigenvalue weighted by molar-refractivity contribution is 5.09. The van der Waals surface area contributed by atoms with Crippen molar-refractivity contribution in [2.24, 2.45) is 5.73 Å². The van der Waals surface area contributed by atoms with Crippen LogP contribution in [0, 0.1) is 0 Å². The van der Waals surface area contributed by atoms with Crippen LogP contribution in [-0.4, -0.2) is 4.98 Å². The Bertz CT molecular complexity index is 307.